The minimum Gasteiger partial charge on any atom is -0.396 e. The Balaban J connectivity index is 2.80. The highest BCUT2D eigenvalue weighted by Gasteiger charge is 2.17. The highest BCUT2D eigenvalue weighted by molar-refractivity contribution is 5.54. The Kier molecular flexibility index (Phi) is 4.36. The molecule has 1 unspecified atom stereocenters. The molecule has 0 fully saturated rings. The minimum atomic E-state index is 0.145. The topological polar surface area (TPSA) is 32.3 Å². The molecular weight excluding hydrogens is 198 g/mol. The number of aliphatic hydroxyl groups is 1. The maximum Gasteiger partial charge on any atom is 0.0473 e. The van der Waals surface area contributed by atoms with Crippen molar-refractivity contribution in [2.24, 2.45) is 5.92 Å². The van der Waals surface area contributed by atoms with Crippen LogP contribution in [-0.4, -0.2) is 18.3 Å². The largest absolute Gasteiger partial charge is 0.396 e. The number of aliphatic hydroxyl groups excluding tert-OH is 1. The van der Waals surface area contributed by atoms with Crippen LogP contribution in [0.4, 0.5) is 5.69 Å². The highest BCUT2D eigenvalue weighted by Crippen LogP contribution is 2.29. The van der Waals surface area contributed by atoms with Crippen LogP contribution < -0.4 is 5.32 Å². The molecule has 0 radical (unpaired) electrons. The van der Waals surface area contributed by atoms with Gasteiger partial charge in [-0.2, -0.15) is 0 Å². The third-order valence-corrected chi connectivity index (χ3v) is 2.69. The summed E-state index contributed by atoms with van der Waals surface area (Å²) >= 11 is 0. The number of hydrogen-bond donors (Lipinski definition) is 2. The lowest BCUT2D eigenvalue weighted by Crippen LogP contribution is -2.19. The van der Waals surface area contributed by atoms with Gasteiger partial charge < -0.3 is 10.4 Å². The summed E-state index contributed by atoms with van der Waals surface area (Å²) in [5.41, 5.74) is 2.64. The van der Waals surface area contributed by atoms with Crippen LogP contribution >= 0.6 is 0 Å². The standard InChI is InChI=1S/C14H23NO/c1-11(10-16)9-15-13-8-6-5-7-12(13)14(2,3)4/h5-8,11,15-16H,9-10H2,1-4H3. The van der Waals surface area contributed by atoms with E-state index in [9.17, 15) is 0 Å². The first-order valence-electron chi connectivity index (χ1n) is 5.89. The predicted molar refractivity (Wildman–Crippen MR) is 69.9 cm³/mol. The number of para-hydroxylation sites is 1. The summed E-state index contributed by atoms with van der Waals surface area (Å²) in [4.78, 5) is 0. The molecule has 0 amide bonds. The summed E-state index contributed by atoms with van der Waals surface area (Å²) in [6.45, 7) is 9.70. The molecule has 2 heteroatoms. The lowest BCUT2D eigenvalue weighted by Gasteiger charge is -2.24. The molecule has 16 heavy (non-hydrogen) atoms. The number of hydrogen-bond acceptors (Lipinski definition) is 2. The molecular formula is C14H23NO. The van der Waals surface area contributed by atoms with Gasteiger partial charge in [-0.25, -0.2) is 0 Å². The first kappa shape index (κ1) is 13.0. The van der Waals surface area contributed by atoms with Crippen LogP contribution in [0.1, 0.15) is 33.3 Å². The second-order valence-corrected chi connectivity index (χ2v) is 5.46. The van der Waals surface area contributed by atoms with E-state index in [-0.39, 0.29) is 17.9 Å². The van der Waals surface area contributed by atoms with Gasteiger partial charge in [0.25, 0.3) is 0 Å². The van der Waals surface area contributed by atoms with Gasteiger partial charge in [-0.15, -0.1) is 0 Å². The Morgan fingerprint density at radius 3 is 2.44 bits per heavy atom. The maximum absolute atomic E-state index is 9.00. The van der Waals surface area contributed by atoms with Crippen LogP contribution in [0.15, 0.2) is 24.3 Å². The van der Waals surface area contributed by atoms with Crippen molar-refractivity contribution in [2.75, 3.05) is 18.5 Å². The Labute approximate surface area is 98.7 Å². The molecule has 90 valence electrons. The molecule has 0 bridgehead atoms. The minimum absolute atomic E-state index is 0.145. The Morgan fingerprint density at radius 2 is 1.88 bits per heavy atom. The van der Waals surface area contributed by atoms with Crippen LogP contribution in [0.25, 0.3) is 0 Å². The smallest absolute Gasteiger partial charge is 0.0473 e. The van der Waals surface area contributed by atoms with E-state index in [2.05, 4.69) is 44.3 Å². The lowest BCUT2D eigenvalue weighted by atomic mass is 9.86. The first-order chi connectivity index (χ1) is 7.45. The fourth-order valence-electron chi connectivity index (χ4n) is 1.64. The molecule has 1 atom stereocenters. The third kappa shape index (κ3) is 3.53. The summed E-state index contributed by atoms with van der Waals surface area (Å²) < 4.78 is 0. The van der Waals surface area contributed by atoms with E-state index in [1.165, 1.54) is 11.3 Å². The van der Waals surface area contributed by atoms with Crippen molar-refractivity contribution in [3.8, 4) is 0 Å². The van der Waals surface area contributed by atoms with Gasteiger partial charge in [0.2, 0.25) is 0 Å². The van der Waals surface area contributed by atoms with Crippen molar-refractivity contribution < 1.29 is 5.11 Å². The van der Waals surface area contributed by atoms with Gasteiger partial charge in [-0.3, -0.25) is 0 Å². The zero-order valence-corrected chi connectivity index (χ0v) is 10.7. The van der Waals surface area contributed by atoms with E-state index in [1.54, 1.807) is 0 Å². The van der Waals surface area contributed by atoms with Crippen LogP contribution in [-0.2, 0) is 5.41 Å². The first-order valence-corrected chi connectivity index (χ1v) is 5.89. The average molecular weight is 221 g/mol. The van der Waals surface area contributed by atoms with Crippen molar-refractivity contribution in [1.82, 2.24) is 0 Å². The van der Waals surface area contributed by atoms with Gasteiger partial charge in [-0.05, 0) is 23.0 Å². The molecule has 2 N–H and O–H groups in total. The molecule has 0 aliphatic heterocycles. The van der Waals surface area contributed by atoms with Crippen LogP contribution in [0, 0.1) is 5.92 Å². The van der Waals surface area contributed by atoms with Crippen molar-refractivity contribution in [3.63, 3.8) is 0 Å². The molecule has 1 aromatic rings. The summed E-state index contributed by atoms with van der Waals surface area (Å²) in [5, 5.41) is 12.4. The second-order valence-electron chi connectivity index (χ2n) is 5.46. The molecule has 0 saturated heterocycles. The molecule has 2 nitrogen and oxygen atoms in total. The van der Waals surface area contributed by atoms with Gasteiger partial charge in [0.15, 0.2) is 0 Å². The summed E-state index contributed by atoms with van der Waals surface area (Å²) in [7, 11) is 0. The van der Waals surface area contributed by atoms with Gasteiger partial charge in [-0.1, -0.05) is 45.9 Å². The number of anilines is 1. The van der Waals surface area contributed by atoms with Crippen molar-refractivity contribution in [3.05, 3.63) is 29.8 Å². The van der Waals surface area contributed by atoms with E-state index >= 15 is 0 Å². The van der Waals surface area contributed by atoms with E-state index in [0.29, 0.717) is 0 Å². The van der Waals surface area contributed by atoms with Gasteiger partial charge in [0.1, 0.15) is 0 Å². The summed E-state index contributed by atoms with van der Waals surface area (Å²) in [6.07, 6.45) is 0. The van der Waals surface area contributed by atoms with Crippen molar-refractivity contribution in [1.29, 1.82) is 0 Å². The second kappa shape index (κ2) is 5.35. The van der Waals surface area contributed by atoms with Crippen LogP contribution in [0.2, 0.25) is 0 Å². The van der Waals surface area contributed by atoms with Gasteiger partial charge in [0, 0.05) is 18.8 Å². The number of rotatable bonds is 4. The summed E-state index contributed by atoms with van der Waals surface area (Å²) in [5.74, 6) is 0.285. The molecule has 1 aromatic carbocycles. The van der Waals surface area contributed by atoms with Crippen LogP contribution in [0.3, 0.4) is 0 Å². The van der Waals surface area contributed by atoms with Crippen LogP contribution in [0.5, 0.6) is 0 Å². The predicted octanol–water partition coefficient (Wildman–Crippen LogP) is 3.02. The summed E-state index contributed by atoms with van der Waals surface area (Å²) in [6, 6.07) is 8.37. The zero-order valence-electron chi connectivity index (χ0n) is 10.7. The Hall–Kier alpha value is -1.02. The molecule has 0 aliphatic carbocycles. The quantitative estimate of drug-likeness (QED) is 0.819. The molecule has 0 aliphatic rings. The molecule has 0 spiro atoms. The Morgan fingerprint density at radius 1 is 1.25 bits per heavy atom. The Bertz CT molecular complexity index is 328. The lowest BCUT2D eigenvalue weighted by molar-refractivity contribution is 0.244. The van der Waals surface area contributed by atoms with Crippen molar-refractivity contribution >= 4 is 5.69 Å². The van der Waals surface area contributed by atoms with E-state index in [4.69, 9.17) is 5.11 Å². The van der Waals surface area contributed by atoms with Crippen molar-refractivity contribution in [2.45, 2.75) is 33.1 Å². The van der Waals surface area contributed by atoms with E-state index in [1.807, 2.05) is 13.0 Å². The maximum atomic E-state index is 9.00. The third-order valence-electron chi connectivity index (χ3n) is 2.69. The highest BCUT2D eigenvalue weighted by atomic mass is 16.3. The molecule has 0 heterocycles. The molecule has 1 rings (SSSR count). The monoisotopic (exact) mass is 221 g/mol. The number of benzene rings is 1. The van der Waals surface area contributed by atoms with Gasteiger partial charge in [0.05, 0.1) is 0 Å². The average Bonchev–Trinajstić information content (AvgIpc) is 2.25. The zero-order chi connectivity index (χ0) is 12.2. The fourth-order valence-corrected chi connectivity index (χ4v) is 1.64. The van der Waals surface area contributed by atoms with E-state index in [0.717, 1.165) is 6.54 Å². The van der Waals surface area contributed by atoms with E-state index < -0.39 is 0 Å². The fraction of sp³-hybridized carbons (Fsp3) is 0.571. The van der Waals surface area contributed by atoms with Gasteiger partial charge >= 0.3 is 0 Å². The SMILES string of the molecule is CC(CO)CNc1ccccc1C(C)(C)C. The normalized spacial score (nSPS) is 13.6. The number of nitrogens with one attached hydrogen (secondary N) is 1. The molecule has 0 saturated carbocycles. The molecule has 0 aromatic heterocycles.